The Labute approximate surface area is 171 Å². The fourth-order valence-corrected chi connectivity index (χ4v) is 5.81. The second-order valence-corrected chi connectivity index (χ2v) is 9.77. The fraction of sp³-hybridized carbons (Fsp3) is 0.667. The molecule has 1 saturated carbocycles. The Bertz CT molecular complexity index is 801. The van der Waals surface area contributed by atoms with Gasteiger partial charge in [-0.1, -0.05) is 0 Å². The molecule has 3 aliphatic rings. The van der Waals surface area contributed by atoms with Gasteiger partial charge < -0.3 is 9.80 Å². The van der Waals surface area contributed by atoms with Crippen molar-refractivity contribution >= 4 is 23.0 Å². The van der Waals surface area contributed by atoms with Crippen molar-refractivity contribution in [2.75, 3.05) is 37.0 Å². The Hall–Kier alpha value is -1.73. The van der Waals surface area contributed by atoms with Gasteiger partial charge in [0.25, 0.3) is 0 Å². The topological polar surface area (TPSA) is 48.4 Å². The maximum atomic E-state index is 4.90. The number of rotatable bonds is 6. The minimum Gasteiger partial charge on any atom is -0.363 e. The van der Waals surface area contributed by atoms with Crippen LogP contribution in [0.1, 0.15) is 47.7 Å². The molecule has 2 aliphatic carbocycles. The van der Waals surface area contributed by atoms with E-state index in [1.807, 2.05) is 25.4 Å². The van der Waals surface area contributed by atoms with E-state index < -0.39 is 0 Å². The molecule has 0 amide bonds. The summed E-state index contributed by atoms with van der Waals surface area (Å²) in [5, 5.41) is 1.33. The minimum atomic E-state index is 0.593. The van der Waals surface area contributed by atoms with Crippen molar-refractivity contribution in [3.8, 4) is 0 Å². The Balaban J connectivity index is 1.23. The summed E-state index contributed by atoms with van der Waals surface area (Å²) in [5.41, 5.74) is 1.38. The van der Waals surface area contributed by atoms with E-state index in [1.54, 1.807) is 11.2 Å². The van der Waals surface area contributed by atoms with E-state index in [4.69, 9.17) is 4.98 Å². The molecule has 2 aromatic heterocycles. The molecular formula is C21H30N6S. The molecule has 0 unspecified atom stereocenters. The lowest BCUT2D eigenvalue weighted by molar-refractivity contribution is 0.200. The SMILES string of the molecule is CN(C)c1cc(N(C2CC2)C2CCN(Cc3nc4c(s3)CCC4)CC2)ncn1. The maximum Gasteiger partial charge on any atom is 0.134 e. The number of hydrogen-bond donors (Lipinski definition) is 0. The lowest BCUT2D eigenvalue weighted by Crippen LogP contribution is -2.46. The van der Waals surface area contributed by atoms with Crippen molar-refractivity contribution in [2.24, 2.45) is 0 Å². The van der Waals surface area contributed by atoms with Gasteiger partial charge in [0.2, 0.25) is 0 Å². The van der Waals surface area contributed by atoms with Crippen LogP contribution >= 0.6 is 11.3 Å². The molecule has 0 atom stereocenters. The molecule has 0 aromatic carbocycles. The van der Waals surface area contributed by atoms with Crippen LogP contribution in [0.25, 0.3) is 0 Å². The molecule has 5 rings (SSSR count). The molecule has 0 bridgehead atoms. The second kappa shape index (κ2) is 7.59. The molecule has 28 heavy (non-hydrogen) atoms. The second-order valence-electron chi connectivity index (χ2n) is 8.61. The van der Waals surface area contributed by atoms with Gasteiger partial charge in [-0.3, -0.25) is 4.90 Å². The van der Waals surface area contributed by atoms with Crippen molar-refractivity contribution in [2.45, 2.75) is 63.6 Å². The van der Waals surface area contributed by atoms with Gasteiger partial charge in [-0.2, -0.15) is 0 Å². The zero-order chi connectivity index (χ0) is 19.1. The third kappa shape index (κ3) is 3.74. The smallest absolute Gasteiger partial charge is 0.134 e. The van der Waals surface area contributed by atoms with Crippen molar-refractivity contribution in [3.05, 3.63) is 28.0 Å². The monoisotopic (exact) mass is 398 g/mol. The van der Waals surface area contributed by atoms with E-state index in [0.717, 1.165) is 31.3 Å². The lowest BCUT2D eigenvalue weighted by atomic mass is 10.0. The van der Waals surface area contributed by atoms with Crippen molar-refractivity contribution in [3.63, 3.8) is 0 Å². The quantitative estimate of drug-likeness (QED) is 0.745. The van der Waals surface area contributed by atoms with E-state index in [0.29, 0.717) is 12.1 Å². The van der Waals surface area contributed by atoms with Crippen LogP contribution in [0.4, 0.5) is 11.6 Å². The van der Waals surface area contributed by atoms with Crippen LogP contribution in [-0.2, 0) is 19.4 Å². The highest BCUT2D eigenvalue weighted by molar-refractivity contribution is 7.11. The molecule has 2 fully saturated rings. The van der Waals surface area contributed by atoms with Gasteiger partial charge in [0.1, 0.15) is 23.0 Å². The number of piperidine rings is 1. The molecule has 1 saturated heterocycles. The van der Waals surface area contributed by atoms with Gasteiger partial charge in [0, 0.05) is 50.2 Å². The van der Waals surface area contributed by atoms with Crippen LogP contribution < -0.4 is 9.80 Å². The molecule has 3 heterocycles. The molecular weight excluding hydrogens is 368 g/mol. The van der Waals surface area contributed by atoms with Crippen LogP contribution in [0.2, 0.25) is 0 Å². The third-order valence-corrected chi connectivity index (χ3v) is 7.39. The molecule has 7 heteroatoms. The number of anilines is 2. The molecule has 0 N–H and O–H groups in total. The van der Waals surface area contributed by atoms with Crippen molar-refractivity contribution in [1.29, 1.82) is 0 Å². The van der Waals surface area contributed by atoms with Gasteiger partial charge in [0.15, 0.2) is 0 Å². The van der Waals surface area contributed by atoms with Crippen molar-refractivity contribution < 1.29 is 0 Å². The largest absolute Gasteiger partial charge is 0.363 e. The number of aromatic nitrogens is 3. The van der Waals surface area contributed by atoms with E-state index in [2.05, 4.69) is 30.7 Å². The molecule has 150 valence electrons. The summed E-state index contributed by atoms with van der Waals surface area (Å²) < 4.78 is 0. The van der Waals surface area contributed by atoms with Crippen LogP contribution in [-0.4, -0.2) is 59.1 Å². The summed E-state index contributed by atoms with van der Waals surface area (Å²) in [5.74, 6) is 2.10. The molecule has 0 radical (unpaired) electrons. The highest BCUT2D eigenvalue weighted by atomic mass is 32.1. The highest BCUT2D eigenvalue weighted by Crippen LogP contribution is 2.36. The fourth-order valence-electron chi connectivity index (χ4n) is 4.61. The van der Waals surface area contributed by atoms with Crippen LogP contribution in [0, 0.1) is 0 Å². The average molecular weight is 399 g/mol. The predicted octanol–water partition coefficient (Wildman–Crippen LogP) is 3.12. The van der Waals surface area contributed by atoms with Gasteiger partial charge in [-0.05, 0) is 44.9 Å². The zero-order valence-electron chi connectivity index (χ0n) is 17.0. The Morgan fingerprint density at radius 3 is 2.50 bits per heavy atom. The molecule has 0 spiro atoms. The molecule has 6 nitrogen and oxygen atoms in total. The summed E-state index contributed by atoms with van der Waals surface area (Å²) >= 11 is 1.95. The van der Waals surface area contributed by atoms with E-state index in [-0.39, 0.29) is 0 Å². The molecule has 2 aromatic rings. The van der Waals surface area contributed by atoms with E-state index in [1.165, 1.54) is 55.6 Å². The summed E-state index contributed by atoms with van der Waals surface area (Å²) in [6, 6.07) is 3.42. The number of nitrogens with zero attached hydrogens (tertiary/aromatic N) is 6. The first-order valence-corrected chi connectivity index (χ1v) is 11.5. The van der Waals surface area contributed by atoms with Crippen molar-refractivity contribution in [1.82, 2.24) is 19.9 Å². The van der Waals surface area contributed by atoms with Gasteiger partial charge >= 0.3 is 0 Å². The first-order chi connectivity index (χ1) is 13.7. The van der Waals surface area contributed by atoms with Gasteiger partial charge in [-0.15, -0.1) is 11.3 Å². The van der Waals surface area contributed by atoms with E-state index in [9.17, 15) is 0 Å². The lowest BCUT2D eigenvalue weighted by Gasteiger charge is -2.39. The Morgan fingerprint density at radius 1 is 1.04 bits per heavy atom. The van der Waals surface area contributed by atoms with Crippen LogP contribution in [0.15, 0.2) is 12.4 Å². The average Bonchev–Trinajstić information content (AvgIpc) is 3.31. The third-order valence-electron chi connectivity index (χ3n) is 6.25. The summed E-state index contributed by atoms with van der Waals surface area (Å²) in [4.78, 5) is 22.7. The summed E-state index contributed by atoms with van der Waals surface area (Å²) in [6.45, 7) is 3.35. The Kier molecular flexibility index (Phi) is 4.97. The van der Waals surface area contributed by atoms with Crippen LogP contribution in [0.3, 0.4) is 0 Å². The Morgan fingerprint density at radius 2 is 1.79 bits per heavy atom. The van der Waals surface area contributed by atoms with Crippen LogP contribution in [0.5, 0.6) is 0 Å². The van der Waals surface area contributed by atoms with Gasteiger partial charge in [0.05, 0.1) is 12.2 Å². The minimum absolute atomic E-state index is 0.593. The normalized spacial score (nSPS) is 20.4. The maximum absolute atomic E-state index is 4.90. The highest BCUT2D eigenvalue weighted by Gasteiger charge is 2.36. The summed E-state index contributed by atoms with van der Waals surface area (Å²) in [6.07, 6.45) is 10.5. The number of hydrogen-bond acceptors (Lipinski definition) is 7. The van der Waals surface area contributed by atoms with Gasteiger partial charge in [-0.25, -0.2) is 15.0 Å². The first kappa shape index (κ1) is 18.3. The zero-order valence-corrected chi connectivity index (χ0v) is 17.8. The number of likely N-dealkylation sites (tertiary alicyclic amines) is 1. The standard InChI is InChI=1S/C21H30N6S/c1-25(2)19-12-20(23-14-22-19)27(15-6-7-15)16-8-10-26(11-9-16)13-21-24-17-4-3-5-18(17)28-21/h12,14-16H,3-11,13H2,1-2H3. The van der Waals surface area contributed by atoms with E-state index >= 15 is 0 Å². The first-order valence-electron chi connectivity index (χ1n) is 10.6. The number of aryl methyl sites for hydroxylation is 2. The predicted molar refractivity (Wildman–Crippen MR) is 114 cm³/mol. The number of fused-ring (bicyclic) bond motifs is 1. The molecule has 1 aliphatic heterocycles. The summed E-state index contributed by atoms with van der Waals surface area (Å²) in [7, 11) is 4.08. The number of thiazole rings is 1.